The molecular weight excluding hydrogens is 853 g/mol. The van der Waals surface area contributed by atoms with E-state index in [9.17, 15) is 19.2 Å². The molecule has 0 aliphatic heterocycles. The lowest BCUT2D eigenvalue weighted by Gasteiger charge is -2.26. The van der Waals surface area contributed by atoms with Gasteiger partial charge in [0.15, 0.2) is 0 Å². The molecule has 0 radical (unpaired) electrons. The van der Waals surface area contributed by atoms with Crippen molar-refractivity contribution < 1.29 is 38.1 Å². The number of rotatable bonds is 51. The molecule has 68 heavy (non-hydrogen) atoms. The maximum absolute atomic E-state index is 13.7. The summed E-state index contributed by atoms with van der Waals surface area (Å²) in [5.74, 6) is -0.442. The van der Waals surface area contributed by atoms with Gasteiger partial charge in [-0.25, -0.2) is 4.79 Å². The number of ether oxygens (including phenoxy) is 4. The number of hydrogen-bond acceptors (Lipinski definition) is 9. The van der Waals surface area contributed by atoms with Crippen LogP contribution in [0.5, 0.6) is 0 Å². The molecule has 0 aliphatic rings. The third kappa shape index (κ3) is 43.6. The van der Waals surface area contributed by atoms with Crippen LogP contribution in [0.4, 0.5) is 4.79 Å². The number of carbonyl (C=O) groups is 4. The molecule has 0 saturated heterocycles. The van der Waals surface area contributed by atoms with Crippen LogP contribution in [0, 0.1) is 0 Å². The van der Waals surface area contributed by atoms with Crippen LogP contribution in [0.1, 0.15) is 291 Å². The van der Waals surface area contributed by atoms with E-state index in [1.54, 1.807) is 0 Å². The fraction of sp³-hybridized carbons (Fsp3) is 0.931. The van der Waals surface area contributed by atoms with E-state index in [4.69, 9.17) is 18.9 Å². The second-order valence-corrected chi connectivity index (χ2v) is 20.5. The minimum atomic E-state index is -0.425. The molecule has 0 saturated carbocycles. The van der Waals surface area contributed by atoms with Crippen LogP contribution in [0.3, 0.4) is 0 Å². The molecule has 10 heteroatoms. The van der Waals surface area contributed by atoms with E-state index in [0.29, 0.717) is 26.0 Å². The van der Waals surface area contributed by atoms with E-state index in [0.717, 1.165) is 173 Å². The molecule has 0 aliphatic carbocycles. The first-order valence-corrected chi connectivity index (χ1v) is 29.2. The molecule has 0 rings (SSSR count). The largest absolute Gasteiger partial charge is 0.464 e. The molecule has 0 spiro atoms. The van der Waals surface area contributed by atoms with Crippen LogP contribution in [0.15, 0.2) is 0 Å². The van der Waals surface area contributed by atoms with Crippen LogP contribution in [-0.2, 0) is 33.3 Å². The smallest absolute Gasteiger partial charge is 0.410 e. The van der Waals surface area contributed by atoms with Gasteiger partial charge in [0, 0.05) is 19.4 Å². The van der Waals surface area contributed by atoms with E-state index < -0.39 is 6.09 Å². The first-order chi connectivity index (χ1) is 33.1. The Morgan fingerprint density at radius 1 is 0.353 bits per heavy atom. The van der Waals surface area contributed by atoms with Crippen molar-refractivity contribution in [1.82, 2.24) is 9.80 Å². The second kappa shape index (κ2) is 49.6. The Balaban J connectivity index is 5.12. The summed E-state index contributed by atoms with van der Waals surface area (Å²) in [6.07, 6.45) is 41.1. The summed E-state index contributed by atoms with van der Waals surface area (Å²) in [7, 11) is 4.02. The molecule has 0 aromatic carbocycles. The van der Waals surface area contributed by atoms with Gasteiger partial charge in [0.05, 0.1) is 6.61 Å². The van der Waals surface area contributed by atoms with E-state index in [-0.39, 0.29) is 42.8 Å². The molecule has 0 aromatic heterocycles. The number of esters is 3. The predicted molar refractivity (Wildman–Crippen MR) is 284 cm³/mol. The minimum absolute atomic E-state index is 0.0313. The third-order valence-corrected chi connectivity index (χ3v) is 13.3. The third-order valence-electron chi connectivity index (χ3n) is 13.3. The van der Waals surface area contributed by atoms with Crippen LogP contribution in [0.2, 0.25) is 0 Å². The SMILES string of the molecule is CCCCCCC(CCCCCC)OC(=O)CCCCCCCCC(CCCCCCCCC(=O)OC(CCCCCC)CCCCCC)OC(=O)N(CCCN(C)C)CC(=O)OCCCCC. The van der Waals surface area contributed by atoms with Crippen molar-refractivity contribution in [3.63, 3.8) is 0 Å². The summed E-state index contributed by atoms with van der Waals surface area (Å²) >= 11 is 0. The van der Waals surface area contributed by atoms with Crippen LogP contribution < -0.4 is 0 Å². The molecule has 0 bridgehead atoms. The van der Waals surface area contributed by atoms with E-state index in [1.807, 2.05) is 14.1 Å². The lowest BCUT2D eigenvalue weighted by Crippen LogP contribution is -2.40. The number of nitrogens with zero attached hydrogens (tertiary/aromatic N) is 2. The normalized spacial score (nSPS) is 11.6. The van der Waals surface area contributed by atoms with Gasteiger partial charge in [-0.3, -0.25) is 19.3 Å². The molecule has 0 aromatic rings. The van der Waals surface area contributed by atoms with Crippen molar-refractivity contribution in [2.75, 3.05) is 40.3 Å². The fourth-order valence-electron chi connectivity index (χ4n) is 8.94. The quantitative estimate of drug-likeness (QED) is 0.0334. The summed E-state index contributed by atoms with van der Waals surface area (Å²) < 4.78 is 23.7. The van der Waals surface area contributed by atoms with Crippen molar-refractivity contribution >= 4 is 24.0 Å². The molecular formula is C58H112N2O8. The molecule has 10 nitrogen and oxygen atoms in total. The molecule has 402 valence electrons. The number of amides is 1. The van der Waals surface area contributed by atoms with Crippen molar-refractivity contribution in [1.29, 1.82) is 0 Å². The van der Waals surface area contributed by atoms with Gasteiger partial charge in [-0.15, -0.1) is 0 Å². The molecule has 0 unspecified atom stereocenters. The van der Waals surface area contributed by atoms with E-state index in [2.05, 4.69) is 39.5 Å². The topological polar surface area (TPSA) is 112 Å². The van der Waals surface area contributed by atoms with Gasteiger partial charge < -0.3 is 23.8 Å². The van der Waals surface area contributed by atoms with Crippen LogP contribution in [0.25, 0.3) is 0 Å². The Morgan fingerprint density at radius 2 is 0.676 bits per heavy atom. The number of hydrogen-bond donors (Lipinski definition) is 0. The Labute approximate surface area is 420 Å². The zero-order chi connectivity index (χ0) is 50.1. The summed E-state index contributed by atoms with van der Waals surface area (Å²) in [5.41, 5.74) is 0. The molecule has 0 heterocycles. The Kier molecular flexibility index (Phi) is 47.9. The van der Waals surface area contributed by atoms with Gasteiger partial charge >= 0.3 is 24.0 Å². The fourth-order valence-corrected chi connectivity index (χ4v) is 8.94. The minimum Gasteiger partial charge on any atom is -0.464 e. The van der Waals surface area contributed by atoms with Gasteiger partial charge in [0.2, 0.25) is 0 Å². The Morgan fingerprint density at radius 3 is 1.04 bits per heavy atom. The second-order valence-electron chi connectivity index (χ2n) is 20.5. The zero-order valence-corrected chi connectivity index (χ0v) is 46.0. The summed E-state index contributed by atoms with van der Waals surface area (Å²) in [5, 5.41) is 0. The maximum atomic E-state index is 13.7. The van der Waals surface area contributed by atoms with Gasteiger partial charge in [0.1, 0.15) is 24.9 Å². The first kappa shape index (κ1) is 65.6. The standard InChI is InChI=1S/C58H112N2O8/c1-8-13-18-30-40-52(41-31-19-14-9-2)66-55(61)46-36-28-24-22-26-34-44-54(68-58(64)60(49-39-48-59(6)7)51-57(63)65-50-38-17-12-5)45-35-27-23-25-29-37-47-56(62)67-53(42-32-20-15-10-3)43-33-21-16-11-4/h52-54H,8-51H2,1-7H3. The summed E-state index contributed by atoms with van der Waals surface area (Å²) in [6.45, 7) is 12.6. The zero-order valence-electron chi connectivity index (χ0n) is 46.0. The molecule has 0 fully saturated rings. The molecule has 0 N–H and O–H groups in total. The van der Waals surface area contributed by atoms with Gasteiger partial charge in [-0.05, 0) is 123 Å². The van der Waals surface area contributed by atoms with Crippen LogP contribution >= 0.6 is 0 Å². The average molecular weight is 966 g/mol. The van der Waals surface area contributed by atoms with Crippen molar-refractivity contribution in [2.24, 2.45) is 0 Å². The predicted octanol–water partition coefficient (Wildman–Crippen LogP) is 16.4. The van der Waals surface area contributed by atoms with Crippen molar-refractivity contribution in [3.05, 3.63) is 0 Å². The van der Waals surface area contributed by atoms with Crippen molar-refractivity contribution in [2.45, 2.75) is 310 Å². The maximum Gasteiger partial charge on any atom is 0.410 e. The van der Waals surface area contributed by atoms with Crippen LogP contribution in [-0.4, -0.2) is 92.4 Å². The Hall–Kier alpha value is -2.36. The highest BCUT2D eigenvalue weighted by molar-refractivity contribution is 5.78. The van der Waals surface area contributed by atoms with E-state index in [1.165, 1.54) is 81.9 Å². The summed E-state index contributed by atoms with van der Waals surface area (Å²) in [4.78, 5) is 55.7. The van der Waals surface area contributed by atoms with Gasteiger partial charge in [-0.2, -0.15) is 0 Å². The van der Waals surface area contributed by atoms with Crippen molar-refractivity contribution in [3.8, 4) is 0 Å². The van der Waals surface area contributed by atoms with Gasteiger partial charge in [0.25, 0.3) is 0 Å². The van der Waals surface area contributed by atoms with E-state index >= 15 is 0 Å². The number of unbranched alkanes of at least 4 members (excludes halogenated alkanes) is 24. The molecule has 0 atom stereocenters. The van der Waals surface area contributed by atoms with Gasteiger partial charge in [-0.1, -0.05) is 176 Å². The lowest BCUT2D eigenvalue weighted by molar-refractivity contribution is -0.151. The first-order valence-electron chi connectivity index (χ1n) is 29.2. The highest BCUT2D eigenvalue weighted by Gasteiger charge is 2.23. The monoisotopic (exact) mass is 965 g/mol. The highest BCUT2D eigenvalue weighted by Crippen LogP contribution is 2.21. The summed E-state index contributed by atoms with van der Waals surface area (Å²) in [6, 6.07) is 0. The Bertz CT molecular complexity index is 1070. The average Bonchev–Trinajstić information content (AvgIpc) is 3.31. The highest BCUT2D eigenvalue weighted by atomic mass is 16.6. The molecule has 1 amide bonds. The lowest BCUT2D eigenvalue weighted by atomic mass is 10.0. The number of carbonyl (C=O) groups excluding carboxylic acids is 4.